The SMILES string of the molecule is Cc1cccc(C(=O)N2CCCN(C(=O)CN3CCCCC3)CC2)n1. The lowest BCUT2D eigenvalue weighted by Crippen LogP contribution is -2.44. The van der Waals surface area contributed by atoms with Crippen molar-refractivity contribution in [1.82, 2.24) is 19.7 Å². The Hall–Kier alpha value is -1.95. The van der Waals surface area contributed by atoms with Crippen molar-refractivity contribution < 1.29 is 9.59 Å². The number of rotatable bonds is 3. The molecule has 6 heteroatoms. The summed E-state index contributed by atoms with van der Waals surface area (Å²) in [5, 5.41) is 0. The number of nitrogens with zero attached hydrogens (tertiary/aromatic N) is 4. The van der Waals surface area contributed by atoms with Gasteiger partial charge in [0, 0.05) is 31.9 Å². The lowest BCUT2D eigenvalue weighted by atomic mass is 10.1. The van der Waals surface area contributed by atoms with E-state index in [-0.39, 0.29) is 11.8 Å². The average molecular weight is 344 g/mol. The van der Waals surface area contributed by atoms with Gasteiger partial charge < -0.3 is 9.80 Å². The molecule has 0 aliphatic carbocycles. The van der Waals surface area contributed by atoms with Crippen LogP contribution < -0.4 is 0 Å². The lowest BCUT2D eigenvalue weighted by Gasteiger charge is -2.29. The first kappa shape index (κ1) is 17.9. The Morgan fingerprint density at radius 1 is 0.920 bits per heavy atom. The maximum Gasteiger partial charge on any atom is 0.272 e. The first-order valence-corrected chi connectivity index (χ1v) is 9.36. The predicted molar refractivity (Wildman–Crippen MR) is 96.4 cm³/mol. The van der Waals surface area contributed by atoms with Crippen molar-refractivity contribution in [2.75, 3.05) is 45.8 Å². The molecule has 2 aliphatic rings. The molecule has 2 aliphatic heterocycles. The second-order valence-electron chi connectivity index (χ2n) is 7.03. The number of amides is 2. The Labute approximate surface area is 149 Å². The topological polar surface area (TPSA) is 56.8 Å². The average Bonchev–Trinajstić information content (AvgIpc) is 2.88. The largest absolute Gasteiger partial charge is 0.340 e. The Kier molecular flexibility index (Phi) is 6.02. The number of pyridine rings is 1. The fraction of sp³-hybridized carbons (Fsp3) is 0.632. The maximum atomic E-state index is 12.6. The molecule has 2 fully saturated rings. The van der Waals surface area contributed by atoms with Crippen LogP contribution in [0, 0.1) is 6.92 Å². The van der Waals surface area contributed by atoms with Crippen molar-refractivity contribution in [3.05, 3.63) is 29.6 Å². The van der Waals surface area contributed by atoms with Crippen LogP contribution in [0.3, 0.4) is 0 Å². The quantitative estimate of drug-likeness (QED) is 0.835. The number of likely N-dealkylation sites (tertiary alicyclic amines) is 1. The Morgan fingerprint density at radius 3 is 2.40 bits per heavy atom. The van der Waals surface area contributed by atoms with Crippen LogP contribution in [0.4, 0.5) is 0 Å². The van der Waals surface area contributed by atoms with Crippen molar-refractivity contribution >= 4 is 11.8 Å². The van der Waals surface area contributed by atoms with Gasteiger partial charge in [-0.3, -0.25) is 14.5 Å². The van der Waals surface area contributed by atoms with E-state index >= 15 is 0 Å². The number of aryl methyl sites for hydroxylation is 1. The van der Waals surface area contributed by atoms with Crippen LogP contribution in [0.5, 0.6) is 0 Å². The first-order chi connectivity index (χ1) is 12.1. The molecule has 1 aromatic rings. The van der Waals surface area contributed by atoms with Crippen molar-refractivity contribution in [3.63, 3.8) is 0 Å². The summed E-state index contributed by atoms with van der Waals surface area (Å²) in [5.74, 6) is 0.166. The molecule has 0 saturated carbocycles. The van der Waals surface area contributed by atoms with Crippen molar-refractivity contribution in [3.8, 4) is 0 Å². The fourth-order valence-corrected chi connectivity index (χ4v) is 3.60. The summed E-state index contributed by atoms with van der Waals surface area (Å²) in [7, 11) is 0. The monoisotopic (exact) mass is 344 g/mol. The zero-order chi connectivity index (χ0) is 17.6. The van der Waals surface area contributed by atoms with Gasteiger partial charge in [-0.1, -0.05) is 12.5 Å². The normalized spacial score (nSPS) is 19.6. The van der Waals surface area contributed by atoms with Crippen LogP contribution in [0.25, 0.3) is 0 Å². The van der Waals surface area contributed by atoms with E-state index in [0.717, 1.165) is 31.7 Å². The van der Waals surface area contributed by atoms with Gasteiger partial charge in [0.15, 0.2) is 0 Å². The number of aromatic nitrogens is 1. The van der Waals surface area contributed by atoms with Gasteiger partial charge in [-0.25, -0.2) is 4.98 Å². The zero-order valence-electron chi connectivity index (χ0n) is 15.1. The van der Waals surface area contributed by atoms with Crippen LogP contribution in [0.15, 0.2) is 18.2 Å². The van der Waals surface area contributed by atoms with Crippen molar-refractivity contribution in [1.29, 1.82) is 0 Å². The minimum absolute atomic E-state index is 0.0333. The minimum atomic E-state index is -0.0333. The summed E-state index contributed by atoms with van der Waals surface area (Å²) in [6, 6.07) is 5.52. The van der Waals surface area contributed by atoms with Crippen molar-refractivity contribution in [2.45, 2.75) is 32.6 Å². The molecule has 3 rings (SSSR count). The highest BCUT2D eigenvalue weighted by Gasteiger charge is 2.24. The number of hydrogen-bond donors (Lipinski definition) is 0. The zero-order valence-corrected chi connectivity index (χ0v) is 15.1. The molecule has 0 atom stereocenters. The molecule has 0 spiro atoms. The highest BCUT2D eigenvalue weighted by atomic mass is 16.2. The smallest absolute Gasteiger partial charge is 0.272 e. The summed E-state index contributed by atoms with van der Waals surface area (Å²) in [4.78, 5) is 35.6. The van der Waals surface area contributed by atoms with Crippen LogP contribution in [-0.2, 0) is 4.79 Å². The Balaban J connectivity index is 1.54. The minimum Gasteiger partial charge on any atom is -0.340 e. The summed E-state index contributed by atoms with van der Waals surface area (Å²) < 4.78 is 0. The molecule has 3 heterocycles. The van der Waals surface area contributed by atoms with Gasteiger partial charge in [0.2, 0.25) is 5.91 Å². The van der Waals surface area contributed by atoms with Gasteiger partial charge >= 0.3 is 0 Å². The molecule has 2 saturated heterocycles. The molecular weight excluding hydrogens is 316 g/mol. The van der Waals surface area contributed by atoms with E-state index in [0.29, 0.717) is 31.9 Å². The lowest BCUT2D eigenvalue weighted by molar-refractivity contribution is -0.132. The van der Waals surface area contributed by atoms with Crippen LogP contribution in [0.2, 0.25) is 0 Å². The second-order valence-corrected chi connectivity index (χ2v) is 7.03. The van der Waals surface area contributed by atoms with Crippen LogP contribution in [-0.4, -0.2) is 77.3 Å². The highest BCUT2D eigenvalue weighted by molar-refractivity contribution is 5.92. The van der Waals surface area contributed by atoms with E-state index in [2.05, 4.69) is 9.88 Å². The molecule has 25 heavy (non-hydrogen) atoms. The van der Waals surface area contributed by atoms with Gasteiger partial charge in [0.1, 0.15) is 5.69 Å². The van der Waals surface area contributed by atoms with Crippen LogP contribution in [0.1, 0.15) is 41.9 Å². The van der Waals surface area contributed by atoms with E-state index in [1.54, 1.807) is 6.07 Å². The molecule has 1 aromatic heterocycles. The number of carbonyl (C=O) groups is 2. The third-order valence-corrected chi connectivity index (χ3v) is 5.05. The predicted octanol–water partition coefficient (Wildman–Crippen LogP) is 1.55. The van der Waals surface area contributed by atoms with E-state index in [4.69, 9.17) is 0 Å². The molecule has 136 valence electrons. The Bertz CT molecular complexity index is 613. The van der Waals surface area contributed by atoms with Gasteiger partial charge in [-0.05, 0) is 51.4 Å². The van der Waals surface area contributed by atoms with Crippen LogP contribution >= 0.6 is 0 Å². The summed E-state index contributed by atoms with van der Waals surface area (Å²) in [6.45, 7) is 7.09. The van der Waals surface area contributed by atoms with E-state index in [1.165, 1.54) is 19.3 Å². The molecule has 0 bridgehead atoms. The summed E-state index contributed by atoms with van der Waals surface area (Å²) in [6.07, 6.45) is 4.49. The third-order valence-electron chi connectivity index (χ3n) is 5.05. The summed E-state index contributed by atoms with van der Waals surface area (Å²) in [5.41, 5.74) is 1.34. The molecule has 2 amide bonds. The van der Waals surface area contributed by atoms with Gasteiger partial charge in [0.05, 0.1) is 6.54 Å². The van der Waals surface area contributed by atoms with Crippen molar-refractivity contribution in [2.24, 2.45) is 0 Å². The van der Waals surface area contributed by atoms with Gasteiger partial charge in [0.25, 0.3) is 5.91 Å². The molecule has 0 radical (unpaired) electrons. The third kappa shape index (κ3) is 4.78. The highest BCUT2D eigenvalue weighted by Crippen LogP contribution is 2.11. The van der Waals surface area contributed by atoms with E-state index < -0.39 is 0 Å². The summed E-state index contributed by atoms with van der Waals surface area (Å²) >= 11 is 0. The molecule has 6 nitrogen and oxygen atoms in total. The molecular formula is C19H28N4O2. The molecule has 0 N–H and O–H groups in total. The second kappa shape index (κ2) is 8.43. The fourth-order valence-electron chi connectivity index (χ4n) is 3.60. The first-order valence-electron chi connectivity index (χ1n) is 9.36. The van der Waals surface area contributed by atoms with Gasteiger partial charge in [-0.2, -0.15) is 0 Å². The van der Waals surface area contributed by atoms with E-state index in [9.17, 15) is 9.59 Å². The Morgan fingerprint density at radius 2 is 1.64 bits per heavy atom. The maximum absolute atomic E-state index is 12.6. The molecule has 0 unspecified atom stereocenters. The number of hydrogen-bond acceptors (Lipinski definition) is 4. The standard InChI is InChI=1S/C19H28N4O2/c1-16-7-5-8-17(20-16)19(25)23-12-6-11-22(13-14-23)18(24)15-21-9-3-2-4-10-21/h5,7-8H,2-4,6,9-15H2,1H3. The molecule has 0 aromatic carbocycles. The number of piperidine rings is 1. The van der Waals surface area contributed by atoms with E-state index in [1.807, 2.05) is 28.9 Å². The number of carbonyl (C=O) groups excluding carboxylic acids is 2. The van der Waals surface area contributed by atoms with Gasteiger partial charge in [-0.15, -0.1) is 0 Å².